The van der Waals surface area contributed by atoms with E-state index in [1.807, 2.05) is 20.8 Å². The number of halogens is 3. The van der Waals surface area contributed by atoms with Gasteiger partial charge in [0, 0.05) is 30.6 Å². The van der Waals surface area contributed by atoms with E-state index in [0.717, 1.165) is 6.07 Å². The number of rotatable bonds is 2. The highest BCUT2D eigenvalue weighted by molar-refractivity contribution is 5.71. The molecule has 1 saturated heterocycles. The van der Waals surface area contributed by atoms with Gasteiger partial charge in [-0.05, 0) is 12.8 Å². The molecule has 2 aromatic heterocycles. The van der Waals surface area contributed by atoms with Crippen molar-refractivity contribution in [3.05, 3.63) is 23.5 Å². The normalized spacial score (nSPS) is 19.2. The minimum atomic E-state index is -4.59. The van der Waals surface area contributed by atoms with Gasteiger partial charge in [0.05, 0.1) is 11.6 Å². The number of alkyl halides is 3. The zero-order valence-electron chi connectivity index (χ0n) is 14.8. The van der Waals surface area contributed by atoms with Crippen molar-refractivity contribution < 1.29 is 23.1 Å². The largest absolute Gasteiger partial charge is 0.481 e. The molecule has 0 amide bonds. The quantitative estimate of drug-likeness (QED) is 0.878. The van der Waals surface area contributed by atoms with Crippen molar-refractivity contribution in [1.29, 1.82) is 0 Å². The topological polar surface area (TPSA) is 70.7 Å². The van der Waals surface area contributed by atoms with Gasteiger partial charge in [-0.1, -0.05) is 20.8 Å². The summed E-state index contributed by atoms with van der Waals surface area (Å²) in [5.41, 5.74) is -0.623. The minimum Gasteiger partial charge on any atom is -0.481 e. The number of hydrogen-bond donors (Lipinski definition) is 1. The van der Waals surface area contributed by atoms with Crippen LogP contribution in [0.15, 0.2) is 12.1 Å². The number of nitrogens with zero attached hydrogens (tertiary/aromatic N) is 4. The molecular formula is C17H21F3N4O2. The van der Waals surface area contributed by atoms with E-state index < -0.39 is 23.8 Å². The zero-order valence-corrected chi connectivity index (χ0v) is 14.8. The Kier molecular flexibility index (Phi) is 4.36. The number of aromatic nitrogens is 3. The Morgan fingerprint density at radius 2 is 1.92 bits per heavy atom. The Hall–Kier alpha value is -2.32. The molecule has 1 aliphatic rings. The molecule has 1 aliphatic heterocycles. The molecular weight excluding hydrogens is 349 g/mol. The number of hydrogen-bond acceptors (Lipinski definition) is 4. The maximum atomic E-state index is 13.3. The summed E-state index contributed by atoms with van der Waals surface area (Å²) in [6.07, 6.45) is -3.49. The highest BCUT2D eigenvalue weighted by Gasteiger charge is 2.36. The summed E-state index contributed by atoms with van der Waals surface area (Å²) in [5, 5.41) is 13.7. The minimum absolute atomic E-state index is 0.109. The van der Waals surface area contributed by atoms with Crippen molar-refractivity contribution in [2.45, 2.75) is 45.2 Å². The van der Waals surface area contributed by atoms with Crippen molar-refractivity contribution in [2.75, 3.05) is 18.0 Å². The van der Waals surface area contributed by atoms with Crippen LogP contribution < -0.4 is 4.90 Å². The van der Waals surface area contributed by atoms with Gasteiger partial charge in [-0.15, -0.1) is 0 Å². The monoisotopic (exact) mass is 370 g/mol. The summed E-state index contributed by atoms with van der Waals surface area (Å²) >= 11 is 0. The van der Waals surface area contributed by atoms with Crippen molar-refractivity contribution >= 4 is 17.4 Å². The van der Waals surface area contributed by atoms with Crippen LogP contribution in [0.1, 0.15) is 45.0 Å². The Bertz CT molecular complexity index is 839. The molecule has 3 rings (SSSR count). The lowest BCUT2D eigenvalue weighted by molar-refractivity contribution is -0.142. The number of anilines is 1. The van der Waals surface area contributed by atoms with E-state index in [1.165, 1.54) is 4.52 Å². The predicted molar refractivity (Wildman–Crippen MR) is 89.3 cm³/mol. The average Bonchev–Trinajstić information content (AvgIpc) is 2.97. The molecule has 0 saturated carbocycles. The Morgan fingerprint density at radius 1 is 1.23 bits per heavy atom. The van der Waals surface area contributed by atoms with E-state index in [1.54, 1.807) is 11.0 Å². The molecule has 9 heteroatoms. The maximum absolute atomic E-state index is 13.3. The van der Waals surface area contributed by atoms with E-state index in [-0.39, 0.29) is 23.4 Å². The number of carboxylic acid groups (broad SMARTS) is 1. The molecule has 3 heterocycles. The molecule has 0 bridgehead atoms. The molecule has 0 aromatic carbocycles. The second-order valence-electron chi connectivity index (χ2n) is 7.67. The average molecular weight is 370 g/mol. The number of fused-ring (bicyclic) bond motifs is 1. The summed E-state index contributed by atoms with van der Waals surface area (Å²) in [6.45, 7) is 6.38. The third-order valence-electron chi connectivity index (χ3n) is 4.56. The van der Waals surface area contributed by atoms with Gasteiger partial charge in [-0.2, -0.15) is 22.8 Å². The van der Waals surface area contributed by atoms with Gasteiger partial charge in [-0.25, -0.2) is 4.98 Å². The lowest BCUT2D eigenvalue weighted by Gasteiger charge is -2.32. The lowest BCUT2D eigenvalue weighted by atomic mass is 9.93. The smallest absolute Gasteiger partial charge is 0.433 e. The van der Waals surface area contributed by atoms with Gasteiger partial charge in [0.25, 0.3) is 0 Å². The molecule has 0 radical (unpaired) electrons. The summed E-state index contributed by atoms with van der Waals surface area (Å²) in [6, 6.07) is 2.51. The number of carbonyl (C=O) groups is 1. The molecule has 1 N–H and O–H groups in total. The first-order valence-corrected chi connectivity index (χ1v) is 8.43. The van der Waals surface area contributed by atoms with Gasteiger partial charge >= 0.3 is 12.1 Å². The van der Waals surface area contributed by atoms with Crippen LogP contribution in [0, 0.1) is 5.92 Å². The van der Waals surface area contributed by atoms with Gasteiger partial charge in [-0.3, -0.25) is 4.79 Å². The molecule has 142 valence electrons. The Morgan fingerprint density at radius 3 is 2.50 bits per heavy atom. The van der Waals surface area contributed by atoms with Crippen LogP contribution in [-0.4, -0.2) is 38.8 Å². The first-order chi connectivity index (χ1) is 12.0. The molecule has 0 spiro atoms. The van der Waals surface area contributed by atoms with E-state index in [0.29, 0.717) is 25.1 Å². The second kappa shape index (κ2) is 6.14. The third-order valence-corrected chi connectivity index (χ3v) is 4.56. The maximum Gasteiger partial charge on any atom is 0.433 e. The fourth-order valence-electron chi connectivity index (χ4n) is 3.08. The molecule has 1 fully saturated rings. The summed E-state index contributed by atoms with van der Waals surface area (Å²) in [4.78, 5) is 16.7. The lowest BCUT2D eigenvalue weighted by Crippen LogP contribution is -2.40. The fourth-order valence-corrected chi connectivity index (χ4v) is 3.08. The SMILES string of the molecule is CC(C)(C)c1cc2nc(C(F)(F)F)cc(N3CCCC(C(=O)O)C3)n2n1. The molecule has 6 nitrogen and oxygen atoms in total. The Labute approximate surface area is 148 Å². The zero-order chi connectivity index (χ0) is 19.3. The Balaban J connectivity index is 2.15. The highest BCUT2D eigenvalue weighted by Crippen LogP contribution is 2.33. The van der Waals surface area contributed by atoms with E-state index in [4.69, 9.17) is 0 Å². The van der Waals surface area contributed by atoms with Crippen LogP contribution in [0.3, 0.4) is 0 Å². The predicted octanol–water partition coefficient (Wildman–Crippen LogP) is 3.35. The van der Waals surface area contributed by atoms with Crippen molar-refractivity contribution in [1.82, 2.24) is 14.6 Å². The van der Waals surface area contributed by atoms with Gasteiger partial charge in [0.1, 0.15) is 5.82 Å². The summed E-state index contributed by atoms with van der Waals surface area (Å²) in [7, 11) is 0. The van der Waals surface area contributed by atoms with Crippen LogP contribution in [0.5, 0.6) is 0 Å². The number of aliphatic carboxylic acids is 1. The van der Waals surface area contributed by atoms with Crippen LogP contribution in [0.25, 0.3) is 5.65 Å². The van der Waals surface area contributed by atoms with Crippen LogP contribution in [-0.2, 0) is 16.4 Å². The van der Waals surface area contributed by atoms with Gasteiger partial charge < -0.3 is 10.0 Å². The molecule has 0 aliphatic carbocycles. The molecule has 2 aromatic rings. The third kappa shape index (κ3) is 3.47. The van der Waals surface area contributed by atoms with Gasteiger partial charge in [0.2, 0.25) is 0 Å². The highest BCUT2D eigenvalue weighted by atomic mass is 19.4. The fraction of sp³-hybridized carbons (Fsp3) is 0.588. The second-order valence-corrected chi connectivity index (χ2v) is 7.67. The number of piperidine rings is 1. The van der Waals surface area contributed by atoms with E-state index in [9.17, 15) is 23.1 Å². The first kappa shape index (κ1) is 18.5. The van der Waals surface area contributed by atoms with Crippen molar-refractivity contribution in [3.8, 4) is 0 Å². The van der Waals surface area contributed by atoms with E-state index >= 15 is 0 Å². The van der Waals surface area contributed by atoms with Crippen LogP contribution >= 0.6 is 0 Å². The standard InChI is InChI=1S/C17H21F3N4O2/c1-16(2,3)11-7-13-21-12(17(18,19)20)8-14(24(13)22-11)23-6-4-5-10(9-23)15(25)26/h7-8,10H,4-6,9H2,1-3H3,(H,25,26). The summed E-state index contributed by atoms with van der Waals surface area (Å²) < 4.78 is 41.3. The van der Waals surface area contributed by atoms with Crippen molar-refractivity contribution in [2.24, 2.45) is 5.92 Å². The molecule has 26 heavy (non-hydrogen) atoms. The van der Waals surface area contributed by atoms with Gasteiger partial charge in [0.15, 0.2) is 11.3 Å². The van der Waals surface area contributed by atoms with E-state index in [2.05, 4.69) is 10.1 Å². The van der Waals surface area contributed by atoms with Crippen molar-refractivity contribution in [3.63, 3.8) is 0 Å². The molecule has 1 unspecified atom stereocenters. The molecule has 1 atom stereocenters. The first-order valence-electron chi connectivity index (χ1n) is 8.43. The van der Waals surface area contributed by atoms with Crippen LogP contribution in [0.4, 0.5) is 19.0 Å². The summed E-state index contributed by atoms with van der Waals surface area (Å²) in [5.74, 6) is -1.32. The van der Waals surface area contributed by atoms with Crippen LogP contribution in [0.2, 0.25) is 0 Å². The number of carboxylic acids is 1.